The molecule has 20 heavy (non-hydrogen) atoms. The number of para-hydroxylation sites is 1. The molecule has 0 bridgehead atoms. The number of amides is 1. The first-order chi connectivity index (χ1) is 9.63. The molecule has 2 aromatic rings. The molecule has 0 aliphatic heterocycles. The summed E-state index contributed by atoms with van der Waals surface area (Å²) < 4.78 is 1.39. The summed E-state index contributed by atoms with van der Waals surface area (Å²) >= 11 is 0. The van der Waals surface area contributed by atoms with Crippen LogP contribution in [0.25, 0.3) is 5.69 Å². The zero-order valence-corrected chi connectivity index (χ0v) is 10.8. The van der Waals surface area contributed by atoms with E-state index in [1.165, 1.54) is 10.9 Å². The number of aliphatic hydroxyl groups excluding tert-OH is 1. The predicted molar refractivity (Wildman–Crippen MR) is 73.9 cm³/mol. The molecule has 104 valence electrons. The van der Waals surface area contributed by atoms with Crippen LogP contribution in [-0.4, -0.2) is 33.6 Å². The number of H-pyrrole nitrogens is 1. The second-order valence-electron chi connectivity index (χ2n) is 4.08. The number of hydrazone groups is 1. The Morgan fingerprint density at radius 3 is 2.80 bits per heavy atom. The van der Waals surface area contributed by atoms with Gasteiger partial charge in [-0.15, -0.1) is 0 Å². The van der Waals surface area contributed by atoms with Crippen molar-refractivity contribution in [2.75, 3.05) is 6.61 Å². The van der Waals surface area contributed by atoms with E-state index in [0.717, 1.165) is 0 Å². The van der Waals surface area contributed by atoms with Gasteiger partial charge in [-0.05, 0) is 19.1 Å². The molecule has 1 heterocycles. The molecule has 2 rings (SSSR count). The SMILES string of the molecule is Cc1[nH]n(-c2ccccc2)c(=O)c1/C=N/NC(=O)CO. The van der Waals surface area contributed by atoms with Crippen molar-refractivity contribution >= 4 is 12.1 Å². The second kappa shape index (κ2) is 5.98. The Morgan fingerprint density at radius 1 is 1.45 bits per heavy atom. The van der Waals surface area contributed by atoms with E-state index in [4.69, 9.17) is 5.11 Å². The minimum absolute atomic E-state index is 0.268. The number of hydrogen-bond donors (Lipinski definition) is 3. The molecule has 0 fully saturated rings. The number of nitrogens with one attached hydrogen (secondary N) is 2. The molecule has 1 aromatic carbocycles. The fourth-order valence-electron chi connectivity index (χ4n) is 1.67. The number of hydrogen-bond acceptors (Lipinski definition) is 4. The normalized spacial score (nSPS) is 10.9. The van der Waals surface area contributed by atoms with Gasteiger partial charge in [-0.3, -0.25) is 14.7 Å². The summed E-state index contributed by atoms with van der Waals surface area (Å²) in [6, 6.07) is 9.11. The van der Waals surface area contributed by atoms with Crippen molar-refractivity contribution in [3.8, 4) is 5.69 Å². The number of aliphatic hydroxyl groups is 1. The Hall–Kier alpha value is -2.67. The highest BCUT2D eigenvalue weighted by molar-refractivity contribution is 5.83. The van der Waals surface area contributed by atoms with E-state index >= 15 is 0 Å². The number of aromatic amines is 1. The number of rotatable bonds is 4. The topological polar surface area (TPSA) is 99.5 Å². The maximum absolute atomic E-state index is 12.2. The van der Waals surface area contributed by atoms with E-state index in [-0.39, 0.29) is 5.56 Å². The first kappa shape index (κ1) is 13.8. The van der Waals surface area contributed by atoms with Crippen LogP contribution in [0, 0.1) is 6.92 Å². The maximum Gasteiger partial charge on any atom is 0.280 e. The number of aryl methyl sites for hydroxylation is 1. The van der Waals surface area contributed by atoms with Crippen LogP contribution < -0.4 is 11.0 Å². The molecule has 0 saturated heterocycles. The van der Waals surface area contributed by atoms with E-state index in [1.807, 2.05) is 18.2 Å². The summed E-state index contributed by atoms with van der Waals surface area (Å²) in [6.45, 7) is 1.08. The molecule has 0 atom stereocenters. The fraction of sp³-hybridized carbons (Fsp3) is 0.154. The van der Waals surface area contributed by atoms with Gasteiger partial charge in [-0.25, -0.2) is 10.1 Å². The van der Waals surface area contributed by atoms with Crippen LogP contribution in [0.5, 0.6) is 0 Å². The van der Waals surface area contributed by atoms with Crippen molar-refractivity contribution in [3.63, 3.8) is 0 Å². The Morgan fingerprint density at radius 2 is 2.15 bits per heavy atom. The Balaban J connectivity index is 2.31. The van der Waals surface area contributed by atoms with Crippen LogP contribution in [0.4, 0.5) is 0 Å². The first-order valence-corrected chi connectivity index (χ1v) is 5.93. The lowest BCUT2D eigenvalue weighted by atomic mass is 10.3. The predicted octanol–water partition coefficient (Wildman–Crippen LogP) is -0.0836. The lowest BCUT2D eigenvalue weighted by Crippen LogP contribution is -2.22. The molecule has 7 nitrogen and oxygen atoms in total. The third-order valence-corrected chi connectivity index (χ3v) is 2.66. The lowest BCUT2D eigenvalue weighted by molar-refractivity contribution is -0.123. The molecule has 3 N–H and O–H groups in total. The van der Waals surface area contributed by atoms with Gasteiger partial charge in [0, 0.05) is 5.69 Å². The quantitative estimate of drug-likeness (QED) is 0.537. The highest BCUT2D eigenvalue weighted by Gasteiger charge is 2.10. The van der Waals surface area contributed by atoms with E-state index in [2.05, 4.69) is 15.6 Å². The second-order valence-corrected chi connectivity index (χ2v) is 4.08. The zero-order chi connectivity index (χ0) is 14.5. The largest absolute Gasteiger partial charge is 0.386 e. The average molecular weight is 274 g/mol. The van der Waals surface area contributed by atoms with Crippen molar-refractivity contribution < 1.29 is 9.90 Å². The summed E-state index contributed by atoms with van der Waals surface area (Å²) in [4.78, 5) is 23.0. The molecule has 1 amide bonds. The number of carbonyl (C=O) groups excluding carboxylic acids is 1. The average Bonchev–Trinajstić information content (AvgIpc) is 2.75. The molecule has 0 unspecified atom stereocenters. The van der Waals surface area contributed by atoms with Gasteiger partial charge in [-0.1, -0.05) is 18.2 Å². The van der Waals surface area contributed by atoms with Gasteiger partial charge in [-0.2, -0.15) is 5.10 Å². The molecular weight excluding hydrogens is 260 g/mol. The van der Waals surface area contributed by atoms with E-state index in [9.17, 15) is 9.59 Å². The summed E-state index contributed by atoms with van der Waals surface area (Å²) in [5.41, 5.74) is 3.51. The molecule has 0 aliphatic rings. The first-order valence-electron chi connectivity index (χ1n) is 5.93. The highest BCUT2D eigenvalue weighted by atomic mass is 16.3. The van der Waals surface area contributed by atoms with E-state index in [1.54, 1.807) is 19.1 Å². The number of carbonyl (C=O) groups is 1. The molecule has 0 radical (unpaired) electrons. The molecule has 0 spiro atoms. The Kier molecular flexibility index (Phi) is 4.11. The molecular formula is C13H14N4O3. The fourth-order valence-corrected chi connectivity index (χ4v) is 1.67. The van der Waals surface area contributed by atoms with Crippen LogP contribution in [0.1, 0.15) is 11.3 Å². The Bertz CT molecular complexity index is 685. The van der Waals surface area contributed by atoms with Gasteiger partial charge in [0.15, 0.2) is 0 Å². The molecule has 7 heteroatoms. The third kappa shape index (κ3) is 2.83. The van der Waals surface area contributed by atoms with E-state index in [0.29, 0.717) is 16.9 Å². The highest BCUT2D eigenvalue weighted by Crippen LogP contribution is 2.05. The van der Waals surface area contributed by atoms with Crippen LogP contribution in [0.3, 0.4) is 0 Å². The summed E-state index contributed by atoms with van der Waals surface area (Å²) in [6.07, 6.45) is 1.25. The van der Waals surface area contributed by atoms with Crippen molar-refractivity contribution in [2.45, 2.75) is 6.92 Å². The van der Waals surface area contributed by atoms with Gasteiger partial charge < -0.3 is 5.11 Å². The van der Waals surface area contributed by atoms with Crippen molar-refractivity contribution in [3.05, 3.63) is 51.9 Å². The summed E-state index contributed by atoms with van der Waals surface area (Å²) in [5.74, 6) is -0.641. The third-order valence-electron chi connectivity index (χ3n) is 2.66. The summed E-state index contributed by atoms with van der Waals surface area (Å²) in [7, 11) is 0. The number of benzene rings is 1. The number of nitrogens with zero attached hydrogens (tertiary/aromatic N) is 2. The van der Waals surface area contributed by atoms with Gasteiger partial charge >= 0.3 is 0 Å². The molecule has 1 aromatic heterocycles. The maximum atomic E-state index is 12.2. The number of aromatic nitrogens is 2. The van der Waals surface area contributed by atoms with Crippen LogP contribution in [0.15, 0.2) is 40.2 Å². The lowest BCUT2D eigenvalue weighted by Gasteiger charge is -1.99. The zero-order valence-electron chi connectivity index (χ0n) is 10.8. The van der Waals surface area contributed by atoms with Crippen LogP contribution in [-0.2, 0) is 4.79 Å². The van der Waals surface area contributed by atoms with Gasteiger partial charge in [0.05, 0.1) is 17.5 Å². The minimum atomic E-state index is -0.655. The standard InChI is InChI=1S/C13H14N4O3/c1-9-11(7-14-15-12(19)8-18)13(20)17(16-9)10-5-3-2-4-6-10/h2-7,16,18H,8H2,1H3,(H,15,19)/b14-7+. The monoisotopic (exact) mass is 274 g/mol. The Labute approximate surface area is 114 Å². The summed E-state index contributed by atoms with van der Waals surface area (Å²) in [5, 5.41) is 15.1. The van der Waals surface area contributed by atoms with Crippen molar-refractivity contribution in [1.82, 2.24) is 15.2 Å². The smallest absolute Gasteiger partial charge is 0.280 e. The van der Waals surface area contributed by atoms with Crippen molar-refractivity contribution in [1.29, 1.82) is 0 Å². The molecule has 0 aliphatic carbocycles. The van der Waals surface area contributed by atoms with Crippen LogP contribution in [0.2, 0.25) is 0 Å². The molecule has 0 saturated carbocycles. The van der Waals surface area contributed by atoms with Gasteiger partial charge in [0.2, 0.25) is 0 Å². The minimum Gasteiger partial charge on any atom is -0.386 e. The van der Waals surface area contributed by atoms with Gasteiger partial charge in [0.25, 0.3) is 11.5 Å². The van der Waals surface area contributed by atoms with Crippen LogP contribution >= 0.6 is 0 Å². The van der Waals surface area contributed by atoms with Gasteiger partial charge in [0.1, 0.15) is 6.61 Å². The van der Waals surface area contributed by atoms with E-state index < -0.39 is 12.5 Å². The van der Waals surface area contributed by atoms with Crippen molar-refractivity contribution in [2.24, 2.45) is 5.10 Å².